The van der Waals surface area contributed by atoms with E-state index in [9.17, 15) is 9.59 Å². The number of rotatable bonds is 6. The van der Waals surface area contributed by atoms with Crippen LogP contribution in [0.3, 0.4) is 0 Å². The minimum Gasteiger partial charge on any atom is -0.466 e. The first-order valence-corrected chi connectivity index (χ1v) is 14.2. The molecule has 0 radical (unpaired) electrons. The minimum atomic E-state index is -0.542. The van der Waals surface area contributed by atoms with E-state index in [0.29, 0.717) is 59.9 Å². The minimum absolute atomic E-state index is 0.0355. The molecule has 1 aliphatic heterocycles. The molecule has 3 heterocycles. The van der Waals surface area contributed by atoms with Gasteiger partial charge in [0.05, 0.1) is 16.6 Å². The number of amides is 2. The summed E-state index contributed by atoms with van der Waals surface area (Å²) in [7, 11) is 6.83. The zero-order chi connectivity index (χ0) is 31.1. The fourth-order valence-corrected chi connectivity index (χ4v) is 5.19. The lowest BCUT2D eigenvalue weighted by Gasteiger charge is -2.36. The molecule has 1 aliphatic rings. The molecule has 0 atom stereocenters. The predicted octanol–water partition coefficient (Wildman–Crippen LogP) is 4.23. The van der Waals surface area contributed by atoms with Crippen LogP contribution < -0.4 is 9.64 Å². The highest BCUT2D eigenvalue weighted by Crippen LogP contribution is 2.38. The molecular weight excluding hydrogens is 550 g/mol. The molecule has 43 heavy (non-hydrogen) atoms. The number of nitrogens with zero attached hydrogens (tertiary/aromatic N) is 7. The van der Waals surface area contributed by atoms with Crippen LogP contribution in [-0.2, 0) is 16.5 Å². The summed E-state index contributed by atoms with van der Waals surface area (Å²) in [4.78, 5) is 41.2. The smallest absolute Gasteiger partial charge is 0.410 e. The summed E-state index contributed by atoms with van der Waals surface area (Å²) in [5, 5.41) is 6.13. The molecule has 228 valence electrons. The summed E-state index contributed by atoms with van der Waals surface area (Å²) in [6, 6.07) is 7.79. The van der Waals surface area contributed by atoms with Gasteiger partial charge in [0.25, 0.3) is 5.91 Å². The predicted molar refractivity (Wildman–Crippen MR) is 165 cm³/mol. The number of fused-ring (bicyclic) bond motifs is 2. The second kappa shape index (κ2) is 11.7. The molecule has 0 aliphatic carbocycles. The van der Waals surface area contributed by atoms with Crippen molar-refractivity contribution >= 4 is 39.5 Å². The van der Waals surface area contributed by atoms with Crippen molar-refractivity contribution in [2.75, 3.05) is 59.1 Å². The van der Waals surface area contributed by atoms with Crippen LogP contribution in [0.5, 0.6) is 5.75 Å². The Morgan fingerprint density at radius 1 is 1.05 bits per heavy atom. The van der Waals surface area contributed by atoms with E-state index in [1.165, 1.54) is 4.90 Å². The zero-order valence-corrected chi connectivity index (χ0v) is 26.1. The maximum absolute atomic E-state index is 13.5. The van der Waals surface area contributed by atoms with Crippen LogP contribution in [0.4, 0.5) is 10.5 Å². The van der Waals surface area contributed by atoms with Crippen molar-refractivity contribution in [2.45, 2.75) is 33.3 Å². The molecule has 2 aromatic heterocycles. The van der Waals surface area contributed by atoms with Gasteiger partial charge in [-0.3, -0.25) is 9.48 Å². The number of hydrogen-bond acceptors (Lipinski definition) is 9. The third kappa shape index (κ3) is 6.19. The molecule has 12 nitrogen and oxygen atoms in total. The average molecular weight is 590 g/mol. The average Bonchev–Trinajstić information content (AvgIpc) is 3.35. The maximum Gasteiger partial charge on any atom is 0.410 e. The largest absolute Gasteiger partial charge is 0.466 e. The van der Waals surface area contributed by atoms with E-state index < -0.39 is 5.60 Å². The Labute approximate surface area is 251 Å². The lowest BCUT2D eigenvalue weighted by molar-refractivity contribution is 0.0240. The van der Waals surface area contributed by atoms with Crippen LogP contribution in [0, 0.1) is 6.92 Å². The quantitative estimate of drug-likeness (QED) is 0.305. The Bertz CT molecular complexity index is 1680. The first kappa shape index (κ1) is 30.0. The highest BCUT2D eigenvalue weighted by molar-refractivity contribution is 6.06. The molecular formula is C31H39N7O5. The Morgan fingerprint density at radius 3 is 2.42 bits per heavy atom. The fraction of sp³-hybridized carbons (Fsp3) is 0.452. The first-order valence-electron chi connectivity index (χ1n) is 14.2. The summed E-state index contributed by atoms with van der Waals surface area (Å²) in [5.74, 6) is 0.686. The lowest BCUT2D eigenvalue weighted by atomic mass is 10.0. The van der Waals surface area contributed by atoms with E-state index in [1.54, 1.807) is 30.8 Å². The number of methoxy groups -OCH3 is 1. The second-order valence-corrected chi connectivity index (χ2v) is 11.9. The van der Waals surface area contributed by atoms with Gasteiger partial charge in [-0.05, 0) is 52.0 Å². The number of carbonyl (C=O) groups excluding carboxylic acids is 2. The molecule has 1 fully saturated rings. The zero-order valence-electron chi connectivity index (χ0n) is 26.1. The van der Waals surface area contributed by atoms with Crippen LogP contribution in [0.25, 0.3) is 33.2 Å². The topological polar surface area (TPSA) is 115 Å². The first-order chi connectivity index (χ1) is 20.4. The fourth-order valence-electron chi connectivity index (χ4n) is 5.19. The third-order valence-corrected chi connectivity index (χ3v) is 7.24. The van der Waals surface area contributed by atoms with Gasteiger partial charge >= 0.3 is 6.09 Å². The number of piperazine rings is 1. The monoisotopic (exact) mass is 589 g/mol. The molecule has 0 N–H and O–H groups in total. The van der Waals surface area contributed by atoms with Gasteiger partial charge in [0.1, 0.15) is 17.0 Å². The van der Waals surface area contributed by atoms with Crippen molar-refractivity contribution < 1.29 is 23.8 Å². The van der Waals surface area contributed by atoms with Crippen molar-refractivity contribution in [1.29, 1.82) is 0 Å². The van der Waals surface area contributed by atoms with Gasteiger partial charge in [0.15, 0.2) is 12.6 Å². The van der Waals surface area contributed by atoms with Crippen LogP contribution in [0.2, 0.25) is 0 Å². The van der Waals surface area contributed by atoms with E-state index >= 15 is 0 Å². The van der Waals surface area contributed by atoms with Gasteiger partial charge in [-0.1, -0.05) is 0 Å². The number of carbonyl (C=O) groups is 2. The normalized spacial score (nSPS) is 14.0. The Kier molecular flexibility index (Phi) is 8.15. The third-order valence-electron chi connectivity index (χ3n) is 7.24. The van der Waals surface area contributed by atoms with Gasteiger partial charge in [-0.25, -0.2) is 14.8 Å². The molecule has 0 bridgehead atoms. The van der Waals surface area contributed by atoms with E-state index in [4.69, 9.17) is 24.2 Å². The Hall–Kier alpha value is -4.45. The van der Waals surface area contributed by atoms with Crippen LogP contribution in [0.1, 0.15) is 36.8 Å². The Balaban J connectivity index is 1.55. The Morgan fingerprint density at radius 2 is 1.77 bits per heavy atom. The van der Waals surface area contributed by atoms with E-state index in [1.807, 2.05) is 65.2 Å². The van der Waals surface area contributed by atoms with Crippen molar-refractivity contribution in [3.05, 3.63) is 41.7 Å². The van der Waals surface area contributed by atoms with Crippen LogP contribution in [-0.4, -0.2) is 101 Å². The molecule has 4 aromatic rings. The van der Waals surface area contributed by atoms with Gasteiger partial charge in [0, 0.05) is 82.7 Å². The summed E-state index contributed by atoms with van der Waals surface area (Å²) < 4.78 is 18.5. The van der Waals surface area contributed by atoms with Crippen molar-refractivity contribution in [2.24, 2.45) is 7.05 Å². The molecule has 5 rings (SSSR count). The molecule has 0 spiro atoms. The number of anilines is 1. The number of aryl methyl sites for hydroxylation is 2. The van der Waals surface area contributed by atoms with Crippen molar-refractivity contribution in [3.63, 3.8) is 0 Å². The van der Waals surface area contributed by atoms with Gasteiger partial charge in [-0.2, -0.15) is 5.10 Å². The molecule has 0 unspecified atom stereocenters. The summed E-state index contributed by atoms with van der Waals surface area (Å²) in [6.45, 7) is 9.89. The van der Waals surface area contributed by atoms with E-state index in [-0.39, 0.29) is 18.8 Å². The highest BCUT2D eigenvalue weighted by atomic mass is 16.7. The van der Waals surface area contributed by atoms with Crippen LogP contribution >= 0.6 is 0 Å². The van der Waals surface area contributed by atoms with E-state index in [0.717, 1.165) is 22.2 Å². The highest BCUT2D eigenvalue weighted by Gasteiger charge is 2.27. The summed E-state index contributed by atoms with van der Waals surface area (Å²) in [5.41, 5.74) is 3.59. The number of aromatic nitrogens is 4. The summed E-state index contributed by atoms with van der Waals surface area (Å²) in [6.07, 6.45) is 1.62. The van der Waals surface area contributed by atoms with Crippen LogP contribution in [0.15, 0.2) is 30.5 Å². The SMILES string of the molecule is COCOc1c(-c2nc(C(=O)N(C)C)c3cc(N4CCN(C(=O)OC(C)(C)C)CC4)ccc3n2)cc2cn(C)nc2c1C. The number of ether oxygens (including phenoxy) is 3. The summed E-state index contributed by atoms with van der Waals surface area (Å²) >= 11 is 0. The standard InChI is InChI=1S/C31H39N7O5/c1-19-25-20(17-36(7)34-25)15-23(27(19)42-18-41-8)28-32-24-10-9-21(16-22(24)26(33-28)29(39)35(5)6)37-11-13-38(14-12-37)30(40)43-31(2,3)4/h9-10,15-17H,11-14,18H2,1-8H3. The molecule has 0 saturated carbocycles. The van der Waals surface area contributed by atoms with Gasteiger partial charge in [-0.15, -0.1) is 0 Å². The van der Waals surface area contributed by atoms with Crippen molar-refractivity contribution in [3.8, 4) is 17.1 Å². The van der Waals surface area contributed by atoms with E-state index in [2.05, 4.69) is 10.00 Å². The lowest BCUT2D eigenvalue weighted by Crippen LogP contribution is -2.50. The number of benzene rings is 2. The number of hydrogen-bond donors (Lipinski definition) is 0. The van der Waals surface area contributed by atoms with Gasteiger partial charge in [0.2, 0.25) is 0 Å². The molecule has 1 saturated heterocycles. The second-order valence-electron chi connectivity index (χ2n) is 11.9. The molecule has 2 amide bonds. The van der Waals surface area contributed by atoms with Crippen molar-refractivity contribution in [1.82, 2.24) is 29.5 Å². The maximum atomic E-state index is 13.5. The van der Waals surface area contributed by atoms with Gasteiger partial charge < -0.3 is 28.9 Å². The molecule has 2 aromatic carbocycles. The molecule has 12 heteroatoms.